The second-order valence-corrected chi connectivity index (χ2v) is 6.38. The maximum Gasteiger partial charge on any atom is 0.259 e. The monoisotopic (exact) mass is 363 g/mol. The lowest BCUT2D eigenvalue weighted by atomic mass is 9.91. The summed E-state index contributed by atoms with van der Waals surface area (Å²) in [5.41, 5.74) is 7.24. The van der Waals surface area contributed by atoms with Gasteiger partial charge in [-0.15, -0.1) is 0 Å². The first-order chi connectivity index (χ1) is 12.0. The molecule has 1 fully saturated rings. The normalized spacial score (nSPS) is 22.6. The summed E-state index contributed by atoms with van der Waals surface area (Å²) in [6.45, 7) is 1.88. The van der Waals surface area contributed by atoms with Crippen molar-refractivity contribution >= 4 is 17.5 Å². The number of ether oxygens (including phenoxy) is 1. The molecule has 0 bridgehead atoms. The van der Waals surface area contributed by atoms with Crippen LogP contribution >= 0.6 is 11.6 Å². The number of halogens is 2. The standard InChI is InChI=1S/C18H19ClFN3O2/c1-11-17(12-3-2-4-13(19)9-12)18(23-22-11)21-16(24)10-25-15-7-5-14(20)6-8-15/h2-9,11,17-18,22-23H,10H2,1H3,(H,21,24). The summed E-state index contributed by atoms with van der Waals surface area (Å²) in [4.78, 5) is 12.2. The smallest absolute Gasteiger partial charge is 0.259 e. The number of nitrogens with one attached hydrogen (secondary N) is 3. The molecule has 3 unspecified atom stereocenters. The molecule has 1 saturated heterocycles. The van der Waals surface area contributed by atoms with E-state index in [0.29, 0.717) is 10.8 Å². The Morgan fingerprint density at radius 3 is 2.72 bits per heavy atom. The fraction of sp³-hybridized carbons (Fsp3) is 0.278. The van der Waals surface area contributed by atoms with Crippen LogP contribution in [0.3, 0.4) is 0 Å². The van der Waals surface area contributed by atoms with Crippen molar-refractivity contribution < 1.29 is 13.9 Å². The molecule has 25 heavy (non-hydrogen) atoms. The summed E-state index contributed by atoms with van der Waals surface area (Å²) in [5, 5.41) is 3.56. The zero-order valence-corrected chi connectivity index (χ0v) is 14.4. The van der Waals surface area contributed by atoms with Crippen molar-refractivity contribution in [1.29, 1.82) is 0 Å². The number of hydrogen-bond donors (Lipinski definition) is 3. The van der Waals surface area contributed by atoms with E-state index in [-0.39, 0.29) is 36.5 Å². The molecule has 0 saturated carbocycles. The van der Waals surface area contributed by atoms with Crippen molar-refractivity contribution in [3.8, 4) is 5.75 Å². The minimum atomic E-state index is -0.351. The first-order valence-corrected chi connectivity index (χ1v) is 8.35. The van der Waals surface area contributed by atoms with Crippen molar-refractivity contribution in [2.75, 3.05) is 6.61 Å². The molecule has 0 aromatic heterocycles. The Hall–Kier alpha value is -2.15. The van der Waals surface area contributed by atoms with Crippen LogP contribution in [0.2, 0.25) is 5.02 Å². The van der Waals surface area contributed by atoms with Gasteiger partial charge >= 0.3 is 0 Å². The van der Waals surface area contributed by atoms with E-state index < -0.39 is 0 Å². The van der Waals surface area contributed by atoms with Crippen LogP contribution in [0.4, 0.5) is 4.39 Å². The highest BCUT2D eigenvalue weighted by Gasteiger charge is 2.35. The van der Waals surface area contributed by atoms with E-state index in [1.54, 1.807) is 0 Å². The average molecular weight is 364 g/mol. The van der Waals surface area contributed by atoms with Crippen molar-refractivity contribution in [1.82, 2.24) is 16.2 Å². The van der Waals surface area contributed by atoms with Crippen molar-refractivity contribution in [2.45, 2.75) is 25.0 Å². The van der Waals surface area contributed by atoms with Gasteiger partial charge in [-0.1, -0.05) is 23.7 Å². The number of carbonyl (C=O) groups excluding carboxylic acids is 1. The molecule has 7 heteroatoms. The Kier molecular flexibility index (Phi) is 5.53. The molecule has 1 aliphatic rings. The summed E-state index contributed by atoms with van der Waals surface area (Å²) in [6.07, 6.45) is -0.294. The van der Waals surface area contributed by atoms with E-state index in [4.69, 9.17) is 16.3 Å². The fourth-order valence-corrected chi connectivity index (χ4v) is 3.10. The number of hydrazine groups is 1. The molecule has 5 nitrogen and oxygen atoms in total. The van der Waals surface area contributed by atoms with Crippen LogP contribution in [0.5, 0.6) is 5.75 Å². The lowest BCUT2D eigenvalue weighted by Gasteiger charge is -2.22. The molecule has 2 aromatic carbocycles. The zero-order valence-electron chi connectivity index (χ0n) is 13.6. The highest BCUT2D eigenvalue weighted by atomic mass is 35.5. The van der Waals surface area contributed by atoms with Gasteiger partial charge in [-0.05, 0) is 48.9 Å². The maximum absolute atomic E-state index is 12.9. The topological polar surface area (TPSA) is 62.4 Å². The molecule has 2 aromatic rings. The fourth-order valence-electron chi connectivity index (χ4n) is 2.91. The Bertz CT molecular complexity index is 741. The van der Waals surface area contributed by atoms with Crippen molar-refractivity contribution in [3.05, 3.63) is 64.9 Å². The third kappa shape index (κ3) is 4.48. The number of rotatable bonds is 5. The van der Waals surface area contributed by atoms with E-state index in [9.17, 15) is 9.18 Å². The molecule has 1 aliphatic heterocycles. The molecule has 132 valence electrons. The average Bonchev–Trinajstić information content (AvgIpc) is 2.94. The minimum absolute atomic E-state index is 0.0217. The molecule has 0 spiro atoms. The van der Waals surface area contributed by atoms with Crippen LogP contribution in [-0.2, 0) is 4.79 Å². The molecule has 3 atom stereocenters. The van der Waals surface area contributed by atoms with Crippen LogP contribution in [0, 0.1) is 5.82 Å². The molecule has 3 rings (SSSR count). The minimum Gasteiger partial charge on any atom is -0.484 e. The van der Waals surface area contributed by atoms with Gasteiger partial charge in [0.1, 0.15) is 17.7 Å². The maximum atomic E-state index is 12.9. The van der Waals surface area contributed by atoms with Gasteiger partial charge in [0.15, 0.2) is 6.61 Å². The van der Waals surface area contributed by atoms with Crippen LogP contribution in [0.25, 0.3) is 0 Å². The first kappa shape index (κ1) is 17.7. The third-order valence-corrected chi connectivity index (χ3v) is 4.33. The highest BCUT2D eigenvalue weighted by Crippen LogP contribution is 2.27. The largest absolute Gasteiger partial charge is 0.484 e. The van der Waals surface area contributed by atoms with Gasteiger partial charge in [0.2, 0.25) is 0 Å². The Labute approximate surface area is 150 Å². The predicted molar refractivity (Wildman–Crippen MR) is 93.8 cm³/mol. The Morgan fingerprint density at radius 2 is 2.00 bits per heavy atom. The quantitative estimate of drug-likeness (QED) is 0.764. The lowest BCUT2D eigenvalue weighted by molar-refractivity contribution is -0.124. The van der Waals surface area contributed by atoms with E-state index >= 15 is 0 Å². The first-order valence-electron chi connectivity index (χ1n) is 7.97. The van der Waals surface area contributed by atoms with Crippen LogP contribution < -0.4 is 20.9 Å². The zero-order chi connectivity index (χ0) is 17.8. The Morgan fingerprint density at radius 1 is 1.24 bits per heavy atom. The van der Waals surface area contributed by atoms with Crippen LogP contribution in [0.1, 0.15) is 18.4 Å². The van der Waals surface area contributed by atoms with Gasteiger partial charge < -0.3 is 10.1 Å². The summed E-state index contributed by atoms with van der Waals surface area (Å²) in [5.74, 6) is -0.163. The van der Waals surface area contributed by atoms with Gasteiger partial charge in [0.25, 0.3) is 5.91 Å². The van der Waals surface area contributed by atoms with Gasteiger partial charge in [-0.25, -0.2) is 9.82 Å². The Balaban J connectivity index is 1.60. The van der Waals surface area contributed by atoms with Gasteiger partial charge in [0.05, 0.1) is 0 Å². The number of benzene rings is 2. The van der Waals surface area contributed by atoms with Gasteiger partial charge in [-0.3, -0.25) is 10.2 Å². The van der Waals surface area contributed by atoms with Crippen LogP contribution in [-0.4, -0.2) is 24.7 Å². The molecule has 1 amide bonds. The molecular formula is C18H19ClFN3O2. The van der Waals surface area contributed by atoms with Crippen molar-refractivity contribution in [2.24, 2.45) is 0 Å². The third-order valence-electron chi connectivity index (χ3n) is 4.10. The number of amides is 1. The van der Waals surface area contributed by atoms with E-state index in [1.807, 2.05) is 31.2 Å². The van der Waals surface area contributed by atoms with Crippen molar-refractivity contribution in [3.63, 3.8) is 0 Å². The number of hydrogen-bond acceptors (Lipinski definition) is 4. The molecular weight excluding hydrogens is 345 g/mol. The number of carbonyl (C=O) groups is 1. The summed E-state index contributed by atoms with van der Waals surface area (Å²) >= 11 is 6.08. The predicted octanol–water partition coefficient (Wildman–Crippen LogP) is 2.58. The second-order valence-electron chi connectivity index (χ2n) is 5.95. The highest BCUT2D eigenvalue weighted by molar-refractivity contribution is 6.30. The van der Waals surface area contributed by atoms with E-state index in [1.165, 1.54) is 24.3 Å². The second kappa shape index (κ2) is 7.82. The SMILES string of the molecule is CC1NNC(NC(=O)COc2ccc(F)cc2)C1c1cccc(Cl)c1. The van der Waals surface area contributed by atoms with E-state index in [0.717, 1.165) is 5.56 Å². The van der Waals surface area contributed by atoms with Crippen LogP contribution in [0.15, 0.2) is 48.5 Å². The van der Waals surface area contributed by atoms with E-state index in [2.05, 4.69) is 16.2 Å². The summed E-state index contributed by atoms with van der Waals surface area (Å²) < 4.78 is 18.2. The molecule has 3 N–H and O–H groups in total. The lowest BCUT2D eigenvalue weighted by Crippen LogP contribution is -2.47. The molecule has 0 aliphatic carbocycles. The van der Waals surface area contributed by atoms with Gasteiger partial charge in [0, 0.05) is 17.0 Å². The summed E-state index contributed by atoms with van der Waals surface area (Å²) in [6, 6.07) is 13.2. The molecule has 1 heterocycles. The summed E-state index contributed by atoms with van der Waals surface area (Å²) in [7, 11) is 0. The molecule has 0 radical (unpaired) electrons. The van der Waals surface area contributed by atoms with Gasteiger partial charge in [-0.2, -0.15) is 0 Å².